The first kappa shape index (κ1) is 14.9. The number of hydrogen-bond acceptors (Lipinski definition) is 3. The molecule has 1 saturated carbocycles. The first-order chi connectivity index (χ1) is 8.05. The highest BCUT2D eigenvalue weighted by atomic mass is 16.5. The molecule has 2 N–H and O–H groups in total. The Labute approximate surface area is 106 Å². The van der Waals surface area contributed by atoms with Gasteiger partial charge in [0.05, 0.1) is 5.60 Å². The molecule has 1 aliphatic carbocycles. The molecule has 0 heterocycles. The fourth-order valence-corrected chi connectivity index (χ4v) is 3.17. The van der Waals surface area contributed by atoms with E-state index in [-0.39, 0.29) is 11.6 Å². The van der Waals surface area contributed by atoms with Gasteiger partial charge in [-0.05, 0) is 31.1 Å². The lowest BCUT2D eigenvalue weighted by molar-refractivity contribution is -0.0832. The number of ether oxygens (including phenoxy) is 2. The summed E-state index contributed by atoms with van der Waals surface area (Å²) < 4.78 is 11.0. The number of hydrogen-bond donors (Lipinski definition) is 1. The van der Waals surface area contributed by atoms with Crippen molar-refractivity contribution in [3.05, 3.63) is 0 Å². The van der Waals surface area contributed by atoms with E-state index in [1.807, 2.05) is 7.11 Å². The van der Waals surface area contributed by atoms with Gasteiger partial charge in [-0.3, -0.25) is 0 Å². The van der Waals surface area contributed by atoms with E-state index in [1.54, 1.807) is 7.11 Å². The average Bonchev–Trinajstić information content (AvgIpc) is 2.34. The van der Waals surface area contributed by atoms with E-state index in [0.29, 0.717) is 5.92 Å². The Morgan fingerprint density at radius 2 is 2.12 bits per heavy atom. The van der Waals surface area contributed by atoms with Crippen LogP contribution in [0.3, 0.4) is 0 Å². The van der Waals surface area contributed by atoms with E-state index in [2.05, 4.69) is 13.8 Å². The van der Waals surface area contributed by atoms with Gasteiger partial charge < -0.3 is 15.2 Å². The molecule has 17 heavy (non-hydrogen) atoms. The molecule has 4 unspecified atom stereocenters. The van der Waals surface area contributed by atoms with Gasteiger partial charge in [0.25, 0.3) is 0 Å². The maximum absolute atomic E-state index is 6.46. The van der Waals surface area contributed by atoms with Gasteiger partial charge in [0.15, 0.2) is 0 Å². The van der Waals surface area contributed by atoms with Crippen LogP contribution in [0.25, 0.3) is 0 Å². The van der Waals surface area contributed by atoms with Gasteiger partial charge in [0, 0.05) is 26.9 Å². The van der Waals surface area contributed by atoms with Crippen LogP contribution in [-0.2, 0) is 9.47 Å². The molecule has 1 aliphatic rings. The van der Waals surface area contributed by atoms with Crippen LogP contribution in [0.1, 0.15) is 46.0 Å². The highest BCUT2D eigenvalue weighted by molar-refractivity contribution is 4.97. The molecule has 0 aromatic carbocycles. The molecule has 0 radical (unpaired) electrons. The molecule has 0 amide bonds. The molecular weight excluding hydrogens is 214 g/mol. The van der Waals surface area contributed by atoms with Crippen molar-refractivity contribution in [2.75, 3.05) is 20.8 Å². The quantitative estimate of drug-likeness (QED) is 0.780. The van der Waals surface area contributed by atoms with Crippen molar-refractivity contribution >= 4 is 0 Å². The van der Waals surface area contributed by atoms with Gasteiger partial charge in [-0.2, -0.15) is 0 Å². The van der Waals surface area contributed by atoms with Gasteiger partial charge in [0.1, 0.15) is 0 Å². The van der Waals surface area contributed by atoms with Gasteiger partial charge >= 0.3 is 0 Å². The summed E-state index contributed by atoms with van der Waals surface area (Å²) in [6, 6.07) is 0.116. The molecule has 102 valence electrons. The first-order valence-electron chi connectivity index (χ1n) is 6.85. The van der Waals surface area contributed by atoms with Crippen LogP contribution in [0, 0.1) is 11.8 Å². The molecule has 0 bridgehead atoms. The maximum Gasteiger partial charge on any atom is 0.0834 e. The third kappa shape index (κ3) is 3.67. The summed E-state index contributed by atoms with van der Waals surface area (Å²) in [4.78, 5) is 0. The SMILES string of the molecule is COCCC(C)C(N)C1(OC)CCCC(C)C1. The average molecular weight is 243 g/mol. The molecule has 0 saturated heterocycles. The summed E-state index contributed by atoms with van der Waals surface area (Å²) in [5, 5.41) is 0. The lowest BCUT2D eigenvalue weighted by Gasteiger charge is -2.45. The third-order valence-electron chi connectivity index (χ3n) is 4.40. The summed E-state index contributed by atoms with van der Waals surface area (Å²) in [6.07, 6.45) is 5.76. The van der Waals surface area contributed by atoms with E-state index in [4.69, 9.17) is 15.2 Å². The van der Waals surface area contributed by atoms with Crippen molar-refractivity contribution in [1.29, 1.82) is 0 Å². The highest BCUT2D eigenvalue weighted by Crippen LogP contribution is 2.39. The zero-order valence-corrected chi connectivity index (χ0v) is 11.9. The second-order valence-electron chi connectivity index (χ2n) is 5.75. The normalized spacial score (nSPS) is 33.4. The van der Waals surface area contributed by atoms with Crippen molar-refractivity contribution in [2.45, 2.75) is 57.6 Å². The van der Waals surface area contributed by atoms with Gasteiger partial charge in [-0.1, -0.05) is 26.7 Å². The van der Waals surface area contributed by atoms with E-state index in [9.17, 15) is 0 Å². The van der Waals surface area contributed by atoms with Crippen molar-refractivity contribution in [3.8, 4) is 0 Å². The Hall–Kier alpha value is -0.120. The summed E-state index contributed by atoms with van der Waals surface area (Å²) in [5.74, 6) is 1.17. The molecule has 0 aromatic rings. The highest BCUT2D eigenvalue weighted by Gasteiger charge is 2.42. The van der Waals surface area contributed by atoms with Crippen LogP contribution < -0.4 is 5.73 Å². The van der Waals surface area contributed by atoms with E-state index < -0.39 is 0 Å². The van der Waals surface area contributed by atoms with E-state index >= 15 is 0 Å². The molecule has 1 fully saturated rings. The second-order valence-corrected chi connectivity index (χ2v) is 5.75. The van der Waals surface area contributed by atoms with Crippen LogP contribution in [-0.4, -0.2) is 32.5 Å². The standard InChI is InChI=1S/C14H29NO2/c1-11-6-5-8-14(10-11,17-4)13(15)12(2)7-9-16-3/h11-13H,5-10,15H2,1-4H3. The molecule has 4 atom stereocenters. The molecule has 3 nitrogen and oxygen atoms in total. The molecule has 1 rings (SSSR count). The Morgan fingerprint density at radius 3 is 2.65 bits per heavy atom. The van der Waals surface area contributed by atoms with Crippen molar-refractivity contribution < 1.29 is 9.47 Å². The zero-order chi connectivity index (χ0) is 12.9. The smallest absolute Gasteiger partial charge is 0.0834 e. The minimum absolute atomic E-state index is 0.106. The lowest BCUT2D eigenvalue weighted by Crippen LogP contribution is -2.55. The summed E-state index contributed by atoms with van der Waals surface area (Å²) in [7, 11) is 3.56. The van der Waals surface area contributed by atoms with Crippen LogP contribution in [0.5, 0.6) is 0 Å². The van der Waals surface area contributed by atoms with Crippen molar-refractivity contribution in [1.82, 2.24) is 0 Å². The molecule has 0 aliphatic heterocycles. The largest absolute Gasteiger partial charge is 0.385 e. The van der Waals surface area contributed by atoms with Crippen LogP contribution in [0.2, 0.25) is 0 Å². The van der Waals surface area contributed by atoms with E-state index in [0.717, 1.165) is 31.8 Å². The maximum atomic E-state index is 6.46. The number of methoxy groups -OCH3 is 2. The fourth-order valence-electron chi connectivity index (χ4n) is 3.17. The number of rotatable bonds is 6. The topological polar surface area (TPSA) is 44.5 Å². The van der Waals surface area contributed by atoms with Crippen molar-refractivity contribution in [3.63, 3.8) is 0 Å². The summed E-state index contributed by atoms with van der Waals surface area (Å²) in [5.41, 5.74) is 6.35. The first-order valence-corrected chi connectivity index (χ1v) is 6.85. The predicted molar refractivity (Wildman–Crippen MR) is 71.0 cm³/mol. The van der Waals surface area contributed by atoms with Crippen LogP contribution in [0.4, 0.5) is 0 Å². The lowest BCUT2D eigenvalue weighted by atomic mass is 9.71. The Morgan fingerprint density at radius 1 is 1.41 bits per heavy atom. The minimum Gasteiger partial charge on any atom is -0.385 e. The van der Waals surface area contributed by atoms with Gasteiger partial charge in [-0.25, -0.2) is 0 Å². The Balaban J connectivity index is 2.64. The fraction of sp³-hybridized carbons (Fsp3) is 1.00. The Bertz CT molecular complexity index is 222. The molecular formula is C14H29NO2. The molecule has 3 heteroatoms. The van der Waals surface area contributed by atoms with Gasteiger partial charge in [-0.15, -0.1) is 0 Å². The Kier molecular flexibility index (Phi) is 5.90. The monoisotopic (exact) mass is 243 g/mol. The van der Waals surface area contributed by atoms with Crippen LogP contribution >= 0.6 is 0 Å². The van der Waals surface area contributed by atoms with Gasteiger partial charge in [0.2, 0.25) is 0 Å². The number of nitrogens with two attached hydrogens (primary N) is 1. The van der Waals surface area contributed by atoms with E-state index in [1.165, 1.54) is 12.8 Å². The second kappa shape index (κ2) is 6.72. The zero-order valence-electron chi connectivity index (χ0n) is 11.9. The molecule has 0 spiro atoms. The summed E-state index contributed by atoms with van der Waals surface area (Å²) >= 11 is 0. The molecule has 0 aromatic heterocycles. The predicted octanol–water partition coefficient (Wildman–Crippen LogP) is 2.58. The minimum atomic E-state index is -0.106. The third-order valence-corrected chi connectivity index (χ3v) is 4.40. The van der Waals surface area contributed by atoms with Crippen LogP contribution in [0.15, 0.2) is 0 Å². The summed E-state index contributed by atoms with van der Waals surface area (Å²) in [6.45, 7) is 5.30. The van der Waals surface area contributed by atoms with Crippen molar-refractivity contribution in [2.24, 2.45) is 17.6 Å².